The first kappa shape index (κ1) is 29.5. The summed E-state index contributed by atoms with van der Waals surface area (Å²) >= 11 is 24.9. The molecule has 6 rings (SSSR count). The van der Waals surface area contributed by atoms with Crippen molar-refractivity contribution in [3.63, 3.8) is 0 Å². The lowest BCUT2D eigenvalue weighted by atomic mass is 9.99. The Morgan fingerprint density at radius 1 is 0.976 bits per heavy atom. The fourth-order valence-corrected chi connectivity index (χ4v) is 6.21. The molecule has 1 aromatic heterocycles. The predicted molar refractivity (Wildman–Crippen MR) is 168 cm³/mol. The maximum atomic E-state index is 6.59. The van der Waals surface area contributed by atoms with Gasteiger partial charge in [0.2, 0.25) is 5.79 Å². The van der Waals surface area contributed by atoms with E-state index < -0.39 is 5.79 Å². The Balaban J connectivity index is 1.06. The minimum atomic E-state index is -1.08. The average molecular weight is 645 g/mol. The molecule has 6 nitrogen and oxygen atoms in total. The van der Waals surface area contributed by atoms with Crippen molar-refractivity contribution >= 4 is 52.5 Å². The molecule has 0 saturated carbocycles. The molecular weight excluding hydrogens is 616 g/mol. The fraction of sp³-hybridized carbons (Fsp3) is 0.281. The number of nitrogens with zero attached hydrogens (tertiary/aromatic N) is 3. The molecular formula is C32H29Cl4N3O3. The zero-order valence-electron chi connectivity index (χ0n) is 22.7. The lowest BCUT2D eigenvalue weighted by Gasteiger charge is -2.30. The van der Waals surface area contributed by atoms with Gasteiger partial charge in [-0.25, -0.2) is 4.98 Å². The number of rotatable bonds is 9. The van der Waals surface area contributed by atoms with E-state index in [-0.39, 0.29) is 6.10 Å². The second kappa shape index (κ2) is 13.0. The van der Waals surface area contributed by atoms with Gasteiger partial charge in [0.1, 0.15) is 18.5 Å². The smallest absolute Gasteiger partial charge is 0.215 e. The number of halogens is 4. The highest BCUT2D eigenvalue weighted by Gasteiger charge is 2.45. The standard InChI is InChI=1S/C32H29Cl4N3O3/c33-25-5-7-28(30(35)16-25)32(20-39-13-10-37-21-39)41-19-27(42-32)18-40-26-6-4-24-17-38(12-9-23(24)15-26)11-1-2-22-3-8-29(34)31(36)14-22/h1-8,10,13-16,21,27H,9,11-12,17-20H2/t27-,32-/m0/s1. The summed E-state index contributed by atoms with van der Waals surface area (Å²) in [7, 11) is 0. The maximum Gasteiger partial charge on any atom is 0.215 e. The van der Waals surface area contributed by atoms with Crippen LogP contribution in [0.2, 0.25) is 20.1 Å². The number of benzene rings is 3. The van der Waals surface area contributed by atoms with Crippen molar-refractivity contribution in [2.24, 2.45) is 0 Å². The van der Waals surface area contributed by atoms with Gasteiger partial charge in [-0.15, -0.1) is 0 Å². The molecule has 3 aromatic carbocycles. The molecule has 0 aliphatic carbocycles. The largest absolute Gasteiger partial charge is 0.491 e. The van der Waals surface area contributed by atoms with Crippen molar-refractivity contribution in [3.8, 4) is 5.75 Å². The first-order valence-electron chi connectivity index (χ1n) is 13.7. The lowest BCUT2D eigenvalue weighted by Crippen LogP contribution is -2.34. The topological polar surface area (TPSA) is 48.8 Å². The van der Waals surface area contributed by atoms with E-state index in [0.717, 1.165) is 42.9 Å². The molecule has 0 unspecified atom stereocenters. The van der Waals surface area contributed by atoms with Crippen LogP contribution in [0.4, 0.5) is 0 Å². The van der Waals surface area contributed by atoms with Crippen LogP contribution in [0.15, 0.2) is 79.4 Å². The Hall–Kier alpha value is -2.55. The molecule has 0 spiro atoms. The van der Waals surface area contributed by atoms with Gasteiger partial charge in [0, 0.05) is 42.6 Å². The van der Waals surface area contributed by atoms with Crippen LogP contribution < -0.4 is 4.74 Å². The highest BCUT2D eigenvalue weighted by atomic mass is 35.5. The van der Waals surface area contributed by atoms with E-state index in [1.165, 1.54) is 11.1 Å². The number of aromatic nitrogens is 2. The first-order chi connectivity index (χ1) is 20.4. The molecule has 218 valence electrons. The summed E-state index contributed by atoms with van der Waals surface area (Å²) in [5.74, 6) is -0.258. The first-order valence-corrected chi connectivity index (χ1v) is 15.2. The Morgan fingerprint density at radius 3 is 2.69 bits per heavy atom. The van der Waals surface area contributed by atoms with Crippen LogP contribution in [0.5, 0.6) is 5.75 Å². The van der Waals surface area contributed by atoms with Gasteiger partial charge in [-0.2, -0.15) is 0 Å². The van der Waals surface area contributed by atoms with Crippen LogP contribution in [0, 0.1) is 0 Å². The van der Waals surface area contributed by atoms with E-state index in [1.54, 1.807) is 24.7 Å². The molecule has 3 heterocycles. The third-order valence-corrected chi connectivity index (χ3v) is 8.76. The summed E-state index contributed by atoms with van der Waals surface area (Å²) in [6, 6.07) is 17.3. The summed E-state index contributed by atoms with van der Waals surface area (Å²) in [5, 5.41) is 2.17. The highest BCUT2D eigenvalue weighted by molar-refractivity contribution is 6.42. The number of hydrogen-bond acceptors (Lipinski definition) is 5. The number of imidazole rings is 1. The summed E-state index contributed by atoms with van der Waals surface area (Å²) in [6.07, 6.45) is 10.2. The van der Waals surface area contributed by atoms with Crippen LogP contribution in [0.3, 0.4) is 0 Å². The average Bonchev–Trinajstić information content (AvgIpc) is 3.64. The van der Waals surface area contributed by atoms with E-state index in [0.29, 0.717) is 39.8 Å². The molecule has 0 radical (unpaired) electrons. The molecule has 0 amide bonds. The number of fused-ring (bicyclic) bond motifs is 1. The van der Waals surface area contributed by atoms with E-state index >= 15 is 0 Å². The third kappa shape index (κ3) is 6.81. The van der Waals surface area contributed by atoms with Crippen molar-refractivity contribution in [2.75, 3.05) is 26.3 Å². The molecule has 42 heavy (non-hydrogen) atoms. The molecule has 0 N–H and O–H groups in total. The van der Waals surface area contributed by atoms with E-state index in [1.807, 2.05) is 41.1 Å². The van der Waals surface area contributed by atoms with Crippen LogP contribution in [0.25, 0.3) is 6.08 Å². The van der Waals surface area contributed by atoms with Crippen molar-refractivity contribution in [1.82, 2.24) is 14.5 Å². The van der Waals surface area contributed by atoms with Crippen molar-refractivity contribution < 1.29 is 14.2 Å². The van der Waals surface area contributed by atoms with Crippen molar-refractivity contribution in [3.05, 3.63) is 122 Å². The highest BCUT2D eigenvalue weighted by Crippen LogP contribution is 2.40. The van der Waals surface area contributed by atoms with Crippen molar-refractivity contribution in [2.45, 2.75) is 31.4 Å². The van der Waals surface area contributed by atoms with Gasteiger partial charge >= 0.3 is 0 Å². The SMILES string of the molecule is Clc1ccc([C@@]2(Cn3ccnc3)OC[C@H](COc3ccc4c(c3)CCN(CC=Cc3ccc(Cl)c(Cl)c3)C4)O2)c(Cl)c1. The minimum Gasteiger partial charge on any atom is -0.491 e. The molecule has 0 bridgehead atoms. The molecule has 10 heteroatoms. The van der Waals surface area contributed by atoms with Crippen molar-refractivity contribution in [1.29, 1.82) is 0 Å². The van der Waals surface area contributed by atoms with Gasteiger partial charge in [-0.05, 0) is 59.5 Å². The van der Waals surface area contributed by atoms with E-state index in [4.69, 9.17) is 60.6 Å². The summed E-state index contributed by atoms with van der Waals surface area (Å²) < 4.78 is 20.9. The Kier molecular flexibility index (Phi) is 9.12. The van der Waals surface area contributed by atoms with Gasteiger partial charge < -0.3 is 18.8 Å². The Morgan fingerprint density at radius 2 is 1.88 bits per heavy atom. The normalized spacial score (nSPS) is 20.7. The van der Waals surface area contributed by atoms with E-state index in [2.05, 4.69) is 34.2 Å². The van der Waals surface area contributed by atoms with Gasteiger partial charge in [-0.3, -0.25) is 4.90 Å². The summed E-state index contributed by atoms with van der Waals surface area (Å²) in [6.45, 7) is 3.82. The monoisotopic (exact) mass is 643 g/mol. The van der Waals surface area contributed by atoms with Crippen LogP contribution in [-0.2, 0) is 34.8 Å². The molecule has 2 atom stereocenters. The van der Waals surface area contributed by atoms with Crippen LogP contribution in [0.1, 0.15) is 22.3 Å². The van der Waals surface area contributed by atoms with Gasteiger partial charge in [0.15, 0.2) is 0 Å². The van der Waals surface area contributed by atoms with Crippen LogP contribution in [-0.4, -0.2) is 46.9 Å². The summed E-state index contributed by atoms with van der Waals surface area (Å²) in [5.41, 5.74) is 4.38. The third-order valence-electron chi connectivity index (χ3n) is 7.47. The zero-order chi connectivity index (χ0) is 29.1. The summed E-state index contributed by atoms with van der Waals surface area (Å²) in [4.78, 5) is 6.57. The molecule has 4 aromatic rings. The Bertz CT molecular complexity index is 1580. The molecule has 1 saturated heterocycles. The second-order valence-electron chi connectivity index (χ2n) is 10.5. The zero-order valence-corrected chi connectivity index (χ0v) is 25.7. The molecule has 1 fully saturated rings. The van der Waals surface area contributed by atoms with E-state index in [9.17, 15) is 0 Å². The minimum absolute atomic E-state index is 0.283. The van der Waals surface area contributed by atoms with Gasteiger partial charge in [0.25, 0.3) is 0 Å². The van der Waals surface area contributed by atoms with Crippen LogP contribution >= 0.6 is 46.4 Å². The predicted octanol–water partition coefficient (Wildman–Crippen LogP) is 7.92. The maximum absolute atomic E-state index is 6.59. The quantitative estimate of drug-likeness (QED) is 0.185. The Labute approximate surface area is 265 Å². The van der Waals surface area contributed by atoms with Gasteiger partial charge in [-0.1, -0.05) is 76.8 Å². The number of hydrogen-bond donors (Lipinski definition) is 0. The molecule has 2 aliphatic heterocycles. The molecule has 2 aliphatic rings. The lowest BCUT2D eigenvalue weighted by molar-refractivity contribution is -0.189. The number of ether oxygens (including phenoxy) is 3. The second-order valence-corrected chi connectivity index (χ2v) is 12.1. The van der Waals surface area contributed by atoms with Gasteiger partial charge in [0.05, 0.1) is 34.5 Å². The fourth-order valence-electron chi connectivity index (χ4n) is 5.35.